The first-order valence-electron chi connectivity index (χ1n) is 5.44. The van der Waals surface area contributed by atoms with E-state index in [1.807, 2.05) is 19.1 Å². The van der Waals surface area contributed by atoms with Crippen molar-refractivity contribution in [3.63, 3.8) is 0 Å². The number of nitriles is 1. The maximum absolute atomic E-state index is 9.79. The van der Waals surface area contributed by atoms with Crippen LogP contribution in [0.15, 0.2) is 24.3 Å². The van der Waals surface area contributed by atoms with Gasteiger partial charge in [0.25, 0.3) is 0 Å². The molecule has 1 N–H and O–H groups in total. The van der Waals surface area contributed by atoms with Gasteiger partial charge in [-0.15, -0.1) is 0 Å². The van der Waals surface area contributed by atoms with Crippen molar-refractivity contribution in [1.29, 1.82) is 5.26 Å². The molecule has 0 aromatic heterocycles. The zero-order chi connectivity index (χ0) is 12.2. The molecule has 0 aliphatic carbocycles. The predicted octanol–water partition coefficient (Wildman–Crippen LogP) is 2.16. The van der Waals surface area contributed by atoms with Gasteiger partial charge in [0.2, 0.25) is 0 Å². The summed E-state index contributed by atoms with van der Waals surface area (Å²) < 4.78 is 0. The van der Waals surface area contributed by atoms with E-state index >= 15 is 0 Å². The van der Waals surface area contributed by atoms with Crippen molar-refractivity contribution in [1.82, 2.24) is 0 Å². The fourth-order valence-corrected chi connectivity index (χ4v) is 1.60. The highest BCUT2D eigenvalue weighted by molar-refractivity contribution is 5.49. The van der Waals surface area contributed by atoms with E-state index in [9.17, 15) is 5.11 Å². The number of nitrogens with zero attached hydrogens (tertiary/aromatic N) is 2. The van der Waals surface area contributed by atoms with Crippen LogP contribution in [0.2, 0.25) is 0 Å². The maximum Gasteiger partial charge on any atom is 0.0991 e. The van der Waals surface area contributed by atoms with E-state index in [-0.39, 0.29) is 0 Å². The van der Waals surface area contributed by atoms with Crippen molar-refractivity contribution >= 4 is 5.69 Å². The first-order valence-corrected chi connectivity index (χ1v) is 5.44. The fourth-order valence-electron chi connectivity index (χ4n) is 1.60. The van der Waals surface area contributed by atoms with Gasteiger partial charge in [-0.05, 0) is 45.0 Å². The highest BCUT2D eigenvalue weighted by atomic mass is 16.3. The molecule has 1 rings (SSSR count). The second-order valence-electron chi connectivity index (χ2n) is 4.49. The Bertz CT molecular complexity index is 370. The number of hydrogen-bond donors (Lipinski definition) is 1. The molecule has 86 valence electrons. The van der Waals surface area contributed by atoms with Crippen LogP contribution in [-0.4, -0.2) is 23.8 Å². The summed E-state index contributed by atoms with van der Waals surface area (Å²) in [6.45, 7) is 7.04. The van der Waals surface area contributed by atoms with Crippen molar-refractivity contribution in [3.8, 4) is 6.07 Å². The van der Waals surface area contributed by atoms with Gasteiger partial charge in [-0.3, -0.25) is 0 Å². The average Bonchev–Trinajstić information content (AvgIpc) is 2.25. The normalized spacial score (nSPS) is 10.9. The van der Waals surface area contributed by atoms with Crippen molar-refractivity contribution in [2.45, 2.75) is 26.4 Å². The van der Waals surface area contributed by atoms with E-state index in [2.05, 4.69) is 11.0 Å². The molecule has 16 heavy (non-hydrogen) atoms. The number of aliphatic hydroxyl groups is 1. The third kappa shape index (κ3) is 3.56. The quantitative estimate of drug-likeness (QED) is 0.842. The molecule has 0 fully saturated rings. The van der Waals surface area contributed by atoms with Gasteiger partial charge in [-0.1, -0.05) is 0 Å². The van der Waals surface area contributed by atoms with Crippen molar-refractivity contribution in [2.24, 2.45) is 0 Å². The topological polar surface area (TPSA) is 47.3 Å². The minimum Gasteiger partial charge on any atom is -0.389 e. The summed E-state index contributed by atoms with van der Waals surface area (Å²) >= 11 is 0. The molecule has 1 aromatic carbocycles. The highest BCUT2D eigenvalue weighted by Crippen LogP contribution is 2.17. The zero-order valence-corrected chi connectivity index (χ0v) is 10.1. The van der Waals surface area contributed by atoms with Gasteiger partial charge in [0.05, 0.1) is 17.2 Å². The second-order valence-corrected chi connectivity index (χ2v) is 4.49. The summed E-state index contributed by atoms with van der Waals surface area (Å²) in [5.41, 5.74) is 0.968. The molecule has 0 saturated heterocycles. The molecule has 0 atom stereocenters. The Morgan fingerprint density at radius 2 is 1.88 bits per heavy atom. The van der Waals surface area contributed by atoms with Crippen LogP contribution >= 0.6 is 0 Å². The lowest BCUT2D eigenvalue weighted by Gasteiger charge is -2.29. The van der Waals surface area contributed by atoms with Crippen LogP contribution in [0.3, 0.4) is 0 Å². The molecule has 0 aliphatic rings. The maximum atomic E-state index is 9.79. The molecule has 0 radical (unpaired) electrons. The largest absolute Gasteiger partial charge is 0.389 e. The first kappa shape index (κ1) is 12.5. The molecule has 0 saturated carbocycles. The molecule has 3 heteroatoms. The van der Waals surface area contributed by atoms with E-state index in [1.165, 1.54) is 0 Å². The summed E-state index contributed by atoms with van der Waals surface area (Å²) in [5.74, 6) is 0. The van der Waals surface area contributed by atoms with Crippen LogP contribution < -0.4 is 4.90 Å². The Kier molecular flexibility index (Phi) is 3.92. The molecular formula is C13H18N2O. The summed E-state index contributed by atoms with van der Waals surface area (Å²) in [4.78, 5) is 2.08. The lowest BCUT2D eigenvalue weighted by molar-refractivity contribution is 0.0876. The molecule has 0 bridgehead atoms. The second kappa shape index (κ2) is 5.00. The summed E-state index contributed by atoms with van der Waals surface area (Å²) in [5, 5.41) is 18.5. The number of anilines is 1. The number of rotatable bonds is 4. The lowest BCUT2D eigenvalue weighted by Crippen LogP contribution is -2.38. The Morgan fingerprint density at radius 3 is 2.25 bits per heavy atom. The Balaban J connectivity index is 2.84. The van der Waals surface area contributed by atoms with Gasteiger partial charge in [-0.25, -0.2) is 0 Å². The summed E-state index contributed by atoms with van der Waals surface area (Å²) in [6.07, 6.45) is 0. The van der Waals surface area contributed by atoms with Crippen molar-refractivity contribution in [3.05, 3.63) is 29.8 Å². The SMILES string of the molecule is CCN(CC(C)(C)O)c1ccc(C#N)cc1. The van der Waals surface area contributed by atoms with Crippen LogP contribution in [0.25, 0.3) is 0 Å². The Labute approximate surface area is 96.9 Å². The van der Waals surface area contributed by atoms with Crippen LogP contribution in [0.5, 0.6) is 0 Å². The third-order valence-corrected chi connectivity index (χ3v) is 2.32. The highest BCUT2D eigenvalue weighted by Gasteiger charge is 2.17. The monoisotopic (exact) mass is 218 g/mol. The minimum atomic E-state index is -0.718. The summed E-state index contributed by atoms with van der Waals surface area (Å²) in [6, 6.07) is 9.50. The van der Waals surface area contributed by atoms with Crippen molar-refractivity contribution in [2.75, 3.05) is 18.0 Å². The number of likely N-dealkylation sites (N-methyl/N-ethyl adjacent to an activating group) is 1. The minimum absolute atomic E-state index is 0.579. The summed E-state index contributed by atoms with van der Waals surface area (Å²) in [7, 11) is 0. The van der Waals surface area contributed by atoms with Gasteiger partial charge < -0.3 is 10.0 Å². The van der Waals surface area contributed by atoms with Gasteiger partial charge in [0.1, 0.15) is 0 Å². The average molecular weight is 218 g/mol. The molecule has 0 spiro atoms. The van der Waals surface area contributed by atoms with Gasteiger partial charge in [0, 0.05) is 18.8 Å². The molecule has 1 aromatic rings. The molecule has 0 amide bonds. The Morgan fingerprint density at radius 1 is 1.31 bits per heavy atom. The Hall–Kier alpha value is -1.53. The predicted molar refractivity (Wildman–Crippen MR) is 65.3 cm³/mol. The van der Waals surface area contributed by atoms with E-state index in [4.69, 9.17) is 5.26 Å². The van der Waals surface area contributed by atoms with E-state index in [1.54, 1.807) is 26.0 Å². The van der Waals surface area contributed by atoms with Crippen LogP contribution in [-0.2, 0) is 0 Å². The smallest absolute Gasteiger partial charge is 0.0991 e. The van der Waals surface area contributed by atoms with Crippen LogP contribution in [0, 0.1) is 11.3 Å². The van der Waals surface area contributed by atoms with Gasteiger partial charge in [0.15, 0.2) is 0 Å². The number of hydrogen-bond acceptors (Lipinski definition) is 3. The zero-order valence-electron chi connectivity index (χ0n) is 10.1. The van der Waals surface area contributed by atoms with Crippen molar-refractivity contribution < 1.29 is 5.11 Å². The van der Waals surface area contributed by atoms with Gasteiger partial charge >= 0.3 is 0 Å². The fraction of sp³-hybridized carbons (Fsp3) is 0.462. The van der Waals surface area contributed by atoms with E-state index in [0.29, 0.717) is 12.1 Å². The standard InChI is InChI=1S/C13H18N2O/c1-4-15(10-13(2,3)16)12-7-5-11(9-14)6-8-12/h5-8,16H,4,10H2,1-3H3. The van der Waals surface area contributed by atoms with Crippen LogP contribution in [0.1, 0.15) is 26.3 Å². The lowest BCUT2D eigenvalue weighted by atomic mass is 10.1. The molecule has 0 heterocycles. The third-order valence-electron chi connectivity index (χ3n) is 2.32. The van der Waals surface area contributed by atoms with Gasteiger partial charge in [-0.2, -0.15) is 5.26 Å². The molecule has 0 aliphatic heterocycles. The molecule has 3 nitrogen and oxygen atoms in total. The van der Waals surface area contributed by atoms with E-state index in [0.717, 1.165) is 12.2 Å². The first-order chi connectivity index (χ1) is 7.46. The molecular weight excluding hydrogens is 200 g/mol. The number of benzene rings is 1. The van der Waals surface area contributed by atoms with E-state index < -0.39 is 5.60 Å². The molecule has 0 unspecified atom stereocenters. The van der Waals surface area contributed by atoms with Crippen LogP contribution in [0.4, 0.5) is 5.69 Å².